The van der Waals surface area contributed by atoms with Crippen LogP contribution in [0.15, 0.2) is 69.5 Å². The number of rotatable bonds is 5. The van der Waals surface area contributed by atoms with E-state index in [0.29, 0.717) is 30.9 Å². The highest BCUT2D eigenvalue weighted by molar-refractivity contribution is 9.10. The van der Waals surface area contributed by atoms with Crippen LogP contribution in [0.5, 0.6) is 11.5 Å². The molecule has 0 spiro atoms. The van der Waals surface area contributed by atoms with Gasteiger partial charge in [-0.3, -0.25) is 9.59 Å². The number of hydrogen-bond acceptors (Lipinski definition) is 5. The van der Waals surface area contributed by atoms with Gasteiger partial charge in [-0.05, 0) is 62.9 Å². The molecule has 0 atom stereocenters. The van der Waals surface area contributed by atoms with Crippen LogP contribution < -0.4 is 9.47 Å². The Morgan fingerprint density at radius 3 is 1.97 bits per heavy atom. The number of carbonyl (C=O) groups is 2. The van der Waals surface area contributed by atoms with E-state index in [0.717, 1.165) is 51.0 Å². The van der Waals surface area contributed by atoms with Crippen LogP contribution in [0.4, 0.5) is 0 Å². The second-order valence-corrected chi connectivity index (χ2v) is 13.3. The average Bonchev–Trinajstić information content (AvgIpc) is 2.83. The number of halogens is 1. The minimum atomic E-state index is -0.420. The Morgan fingerprint density at radius 2 is 1.45 bits per heavy atom. The van der Waals surface area contributed by atoms with Crippen molar-refractivity contribution in [2.75, 3.05) is 14.2 Å². The summed E-state index contributed by atoms with van der Waals surface area (Å²) in [5, 5.41) is 0. The molecule has 2 aliphatic carbocycles. The lowest BCUT2D eigenvalue weighted by molar-refractivity contribution is -0.119. The van der Waals surface area contributed by atoms with Gasteiger partial charge in [0.25, 0.3) is 0 Å². The molecule has 0 bridgehead atoms. The van der Waals surface area contributed by atoms with Gasteiger partial charge in [-0.2, -0.15) is 0 Å². The molecule has 1 aliphatic heterocycles. The molecule has 0 saturated heterocycles. The van der Waals surface area contributed by atoms with Crippen molar-refractivity contribution in [1.29, 1.82) is 0 Å². The summed E-state index contributed by atoms with van der Waals surface area (Å²) in [6.07, 6.45) is 2.52. The molecule has 0 N–H and O–H groups in total. The fourth-order valence-corrected chi connectivity index (χ4v) is 6.85. The van der Waals surface area contributed by atoms with Crippen molar-refractivity contribution >= 4 is 27.5 Å². The van der Waals surface area contributed by atoms with Gasteiger partial charge in [-0.15, -0.1) is 0 Å². The third-order valence-electron chi connectivity index (χ3n) is 7.99. The molecule has 2 aromatic carbocycles. The second-order valence-electron chi connectivity index (χ2n) is 12.4. The van der Waals surface area contributed by atoms with Crippen molar-refractivity contribution in [2.45, 2.75) is 65.9 Å². The van der Waals surface area contributed by atoms with Crippen LogP contribution in [-0.4, -0.2) is 30.6 Å². The van der Waals surface area contributed by atoms with E-state index in [9.17, 15) is 9.59 Å². The molecule has 0 radical (unpaired) electrons. The largest absolute Gasteiger partial charge is 0.493 e. The monoisotopic (exact) mass is 577 g/mol. The van der Waals surface area contributed by atoms with Crippen LogP contribution in [0.1, 0.15) is 70.4 Å². The van der Waals surface area contributed by atoms with E-state index in [4.69, 9.17) is 9.47 Å². The SMILES string of the molecule is COc1cc(C2C3=C(CC(C)(C)CC3=O)N(C)C3=C2C(=O)CC(C)(C)C3)cc(Br)c1OCc1ccccc1. The lowest BCUT2D eigenvalue weighted by Gasteiger charge is -2.48. The van der Waals surface area contributed by atoms with Gasteiger partial charge < -0.3 is 14.4 Å². The highest BCUT2D eigenvalue weighted by Gasteiger charge is 2.48. The standard InChI is InChI=1S/C32H36BrNO4/c1-31(2)14-22-28(24(35)16-31)27(29-23(34(22)5)15-32(3,4)17-25(29)36)20-12-21(33)30(26(13-20)37-6)38-18-19-10-8-7-9-11-19/h7-13,27H,14-18H2,1-6H3. The summed E-state index contributed by atoms with van der Waals surface area (Å²) < 4.78 is 12.7. The molecule has 6 heteroatoms. The summed E-state index contributed by atoms with van der Waals surface area (Å²) in [4.78, 5) is 29.7. The number of hydrogen-bond donors (Lipinski definition) is 0. The Hall–Kier alpha value is -2.86. The number of nitrogens with zero attached hydrogens (tertiary/aromatic N) is 1. The maximum Gasteiger partial charge on any atom is 0.175 e. The van der Waals surface area contributed by atoms with Crippen LogP contribution in [-0.2, 0) is 16.2 Å². The first-order valence-electron chi connectivity index (χ1n) is 13.2. The predicted molar refractivity (Wildman–Crippen MR) is 152 cm³/mol. The fraction of sp³-hybridized carbons (Fsp3) is 0.438. The molecule has 0 saturated carbocycles. The number of Topliss-reactive ketones (excluding diaryl/α,β-unsaturated/α-hetero) is 2. The van der Waals surface area contributed by atoms with Crippen LogP contribution in [0, 0.1) is 10.8 Å². The van der Waals surface area contributed by atoms with Crippen LogP contribution in [0.25, 0.3) is 0 Å². The minimum absolute atomic E-state index is 0.122. The van der Waals surface area contributed by atoms with Crippen molar-refractivity contribution < 1.29 is 19.1 Å². The maximum atomic E-state index is 13.8. The molecule has 200 valence electrons. The van der Waals surface area contributed by atoms with Crippen LogP contribution >= 0.6 is 15.9 Å². The Morgan fingerprint density at radius 1 is 0.895 bits per heavy atom. The smallest absolute Gasteiger partial charge is 0.175 e. The molecule has 0 amide bonds. The Labute approximate surface area is 234 Å². The molecule has 5 nitrogen and oxygen atoms in total. The Kier molecular flexibility index (Phi) is 6.83. The minimum Gasteiger partial charge on any atom is -0.493 e. The molecule has 5 rings (SSSR count). The molecular formula is C32H36BrNO4. The summed E-state index contributed by atoms with van der Waals surface area (Å²) in [5.41, 5.74) is 5.25. The van der Waals surface area contributed by atoms with Gasteiger partial charge >= 0.3 is 0 Å². The first-order valence-corrected chi connectivity index (χ1v) is 14.0. The number of allylic oxidation sites excluding steroid dienone is 4. The highest BCUT2D eigenvalue weighted by atomic mass is 79.9. The van der Waals surface area contributed by atoms with Gasteiger partial charge in [0.05, 0.1) is 11.6 Å². The molecule has 3 aliphatic rings. The van der Waals surface area contributed by atoms with E-state index in [1.54, 1.807) is 7.11 Å². The molecule has 38 heavy (non-hydrogen) atoms. The second kappa shape index (κ2) is 9.71. The van der Waals surface area contributed by atoms with Gasteiger partial charge in [-0.1, -0.05) is 58.0 Å². The van der Waals surface area contributed by atoms with Gasteiger partial charge in [0.15, 0.2) is 23.1 Å². The third-order valence-corrected chi connectivity index (χ3v) is 8.58. The Bertz CT molecular complexity index is 1320. The van der Waals surface area contributed by atoms with Crippen LogP contribution in [0.3, 0.4) is 0 Å². The quantitative estimate of drug-likeness (QED) is 0.371. The van der Waals surface area contributed by atoms with Gasteiger partial charge in [0.2, 0.25) is 0 Å². The van der Waals surface area contributed by atoms with Crippen molar-refractivity contribution in [2.24, 2.45) is 10.8 Å². The van der Waals surface area contributed by atoms with E-state index in [1.807, 2.05) is 49.5 Å². The fourth-order valence-electron chi connectivity index (χ4n) is 6.27. The zero-order chi connectivity index (χ0) is 27.4. The predicted octanol–water partition coefficient (Wildman–Crippen LogP) is 7.35. The van der Waals surface area contributed by atoms with E-state index in [2.05, 4.69) is 48.5 Å². The lowest BCUT2D eigenvalue weighted by atomic mass is 9.64. The first kappa shape index (κ1) is 26.7. The molecule has 0 aromatic heterocycles. The van der Waals surface area contributed by atoms with E-state index >= 15 is 0 Å². The topological polar surface area (TPSA) is 55.8 Å². The Balaban J connectivity index is 1.64. The molecular weight excluding hydrogens is 542 g/mol. The van der Waals surface area contributed by atoms with Crippen molar-refractivity contribution in [3.05, 3.63) is 80.6 Å². The molecule has 0 unspecified atom stereocenters. The number of benzene rings is 2. The highest BCUT2D eigenvalue weighted by Crippen LogP contribution is 2.55. The third kappa shape index (κ3) is 4.84. The van der Waals surface area contributed by atoms with E-state index in [1.165, 1.54) is 0 Å². The number of methoxy groups -OCH3 is 1. The van der Waals surface area contributed by atoms with Crippen LogP contribution in [0.2, 0.25) is 0 Å². The van der Waals surface area contributed by atoms with Gasteiger partial charge in [-0.25, -0.2) is 0 Å². The normalized spacial score (nSPS) is 20.9. The summed E-state index contributed by atoms with van der Waals surface area (Å²) >= 11 is 3.72. The summed E-state index contributed by atoms with van der Waals surface area (Å²) in [7, 11) is 3.65. The van der Waals surface area contributed by atoms with Crippen molar-refractivity contribution in [1.82, 2.24) is 4.90 Å². The summed E-state index contributed by atoms with van der Waals surface area (Å²) in [6.45, 7) is 8.99. The van der Waals surface area contributed by atoms with Crippen molar-refractivity contribution in [3.8, 4) is 11.5 Å². The van der Waals surface area contributed by atoms with Gasteiger partial charge in [0.1, 0.15) is 6.61 Å². The van der Waals surface area contributed by atoms with Gasteiger partial charge in [0, 0.05) is 48.3 Å². The zero-order valence-electron chi connectivity index (χ0n) is 23.1. The molecule has 1 heterocycles. The maximum absolute atomic E-state index is 13.8. The molecule has 0 fully saturated rings. The van der Waals surface area contributed by atoms with E-state index < -0.39 is 5.92 Å². The zero-order valence-corrected chi connectivity index (χ0v) is 24.7. The average molecular weight is 579 g/mol. The van der Waals surface area contributed by atoms with E-state index in [-0.39, 0.29) is 22.4 Å². The number of ketones is 2. The summed E-state index contributed by atoms with van der Waals surface area (Å²) in [6, 6.07) is 13.9. The van der Waals surface area contributed by atoms with Crippen molar-refractivity contribution in [3.63, 3.8) is 0 Å². The molecule has 2 aromatic rings. The number of ether oxygens (including phenoxy) is 2. The number of carbonyl (C=O) groups excluding carboxylic acids is 2. The first-order chi connectivity index (χ1) is 17.9. The summed E-state index contributed by atoms with van der Waals surface area (Å²) in [5.74, 6) is 0.995. The lowest BCUT2D eigenvalue weighted by Crippen LogP contribution is -2.43.